The second-order valence-corrected chi connectivity index (χ2v) is 3.51. The van der Waals surface area contributed by atoms with Gasteiger partial charge in [-0.2, -0.15) is 5.10 Å². The zero-order valence-corrected chi connectivity index (χ0v) is 8.72. The molecule has 0 spiro atoms. The van der Waals surface area contributed by atoms with Gasteiger partial charge in [-0.1, -0.05) is 0 Å². The van der Waals surface area contributed by atoms with E-state index in [1.807, 2.05) is 23.7 Å². The van der Waals surface area contributed by atoms with E-state index in [2.05, 4.69) is 10.1 Å². The third-order valence-electron chi connectivity index (χ3n) is 2.50. The Morgan fingerprint density at radius 1 is 1.33 bits per heavy atom. The molecule has 2 heterocycles. The molecule has 0 unspecified atom stereocenters. The molecule has 2 rings (SSSR count). The van der Waals surface area contributed by atoms with E-state index in [0.717, 1.165) is 24.3 Å². The van der Waals surface area contributed by atoms with Crippen molar-refractivity contribution < 1.29 is 0 Å². The molecule has 0 aliphatic rings. The fraction of sp³-hybridized carbons (Fsp3) is 0.273. The zero-order chi connectivity index (χ0) is 10.7. The number of anilines is 1. The van der Waals surface area contributed by atoms with Gasteiger partial charge in [-0.15, -0.1) is 0 Å². The quantitative estimate of drug-likeness (QED) is 0.818. The smallest absolute Gasteiger partial charge is 0.0730 e. The minimum atomic E-state index is 0.754. The predicted octanol–water partition coefficient (Wildman–Crippen LogP) is 1.41. The first-order valence-corrected chi connectivity index (χ1v) is 4.94. The molecule has 2 N–H and O–H groups in total. The fourth-order valence-electron chi connectivity index (χ4n) is 1.47. The Balaban J connectivity index is 2.02. The van der Waals surface area contributed by atoms with Crippen molar-refractivity contribution in [1.82, 2.24) is 14.8 Å². The van der Waals surface area contributed by atoms with Gasteiger partial charge in [0, 0.05) is 18.9 Å². The molecule has 0 aliphatic carbocycles. The molecule has 2 aromatic heterocycles. The van der Waals surface area contributed by atoms with E-state index in [0.29, 0.717) is 0 Å². The van der Waals surface area contributed by atoms with Crippen LogP contribution in [0.25, 0.3) is 0 Å². The van der Waals surface area contributed by atoms with Gasteiger partial charge in [0.2, 0.25) is 0 Å². The topological polar surface area (TPSA) is 56.7 Å². The van der Waals surface area contributed by atoms with E-state index in [4.69, 9.17) is 5.73 Å². The van der Waals surface area contributed by atoms with Gasteiger partial charge in [-0.05, 0) is 31.0 Å². The molecule has 0 atom stereocenters. The minimum absolute atomic E-state index is 0.754. The number of pyridine rings is 1. The van der Waals surface area contributed by atoms with Gasteiger partial charge >= 0.3 is 0 Å². The second kappa shape index (κ2) is 4.13. The average molecular weight is 202 g/mol. The molecular formula is C11H14N4. The van der Waals surface area contributed by atoms with Crippen molar-refractivity contribution in [2.75, 3.05) is 5.73 Å². The minimum Gasteiger partial charge on any atom is -0.396 e. The van der Waals surface area contributed by atoms with E-state index in [1.54, 1.807) is 18.6 Å². The molecule has 0 amide bonds. The lowest BCUT2D eigenvalue weighted by atomic mass is 10.2. The van der Waals surface area contributed by atoms with Crippen molar-refractivity contribution in [2.45, 2.75) is 19.9 Å². The maximum Gasteiger partial charge on any atom is 0.0730 e. The molecule has 78 valence electrons. The summed E-state index contributed by atoms with van der Waals surface area (Å²) in [4.78, 5) is 3.98. The van der Waals surface area contributed by atoms with Crippen LogP contribution < -0.4 is 5.73 Å². The lowest BCUT2D eigenvalue weighted by Gasteiger charge is -2.04. The summed E-state index contributed by atoms with van der Waals surface area (Å²) in [6, 6.07) is 4.03. The summed E-state index contributed by atoms with van der Waals surface area (Å²) >= 11 is 0. The molecule has 0 bridgehead atoms. The first-order valence-electron chi connectivity index (χ1n) is 4.94. The lowest BCUT2D eigenvalue weighted by molar-refractivity contribution is 0.598. The van der Waals surface area contributed by atoms with Crippen LogP contribution in [0, 0.1) is 6.92 Å². The maximum atomic E-state index is 5.72. The van der Waals surface area contributed by atoms with Gasteiger partial charge in [-0.25, -0.2) is 0 Å². The molecule has 4 nitrogen and oxygen atoms in total. The molecule has 4 heteroatoms. The van der Waals surface area contributed by atoms with Gasteiger partial charge in [0.05, 0.1) is 17.6 Å². The standard InChI is InChI=1S/C11H14N4/c1-9-11(12)8-14-15(9)7-4-10-2-5-13-6-3-10/h2-3,5-6,8H,4,7,12H2,1H3. The number of rotatable bonds is 3. The molecule has 0 aliphatic heterocycles. The van der Waals surface area contributed by atoms with Crippen LogP contribution in [0.3, 0.4) is 0 Å². The van der Waals surface area contributed by atoms with Crippen LogP contribution in [0.1, 0.15) is 11.3 Å². The van der Waals surface area contributed by atoms with Gasteiger partial charge in [0.1, 0.15) is 0 Å². The van der Waals surface area contributed by atoms with E-state index in [-0.39, 0.29) is 0 Å². The summed E-state index contributed by atoms with van der Waals surface area (Å²) < 4.78 is 1.93. The lowest BCUT2D eigenvalue weighted by Crippen LogP contribution is -2.05. The number of hydrogen-bond acceptors (Lipinski definition) is 3. The Bertz CT molecular complexity index is 433. The molecular weight excluding hydrogens is 188 g/mol. The highest BCUT2D eigenvalue weighted by Crippen LogP contribution is 2.09. The monoisotopic (exact) mass is 202 g/mol. The first kappa shape index (κ1) is 9.71. The zero-order valence-electron chi connectivity index (χ0n) is 8.72. The number of nitrogens with two attached hydrogens (primary N) is 1. The highest BCUT2D eigenvalue weighted by atomic mass is 15.3. The van der Waals surface area contributed by atoms with Crippen LogP contribution in [-0.4, -0.2) is 14.8 Å². The summed E-state index contributed by atoms with van der Waals surface area (Å²) in [5, 5.41) is 4.21. The number of aromatic nitrogens is 3. The first-order chi connectivity index (χ1) is 7.27. The van der Waals surface area contributed by atoms with Crippen molar-refractivity contribution in [3.05, 3.63) is 42.0 Å². The number of aryl methyl sites for hydroxylation is 2. The number of nitrogens with zero attached hydrogens (tertiary/aromatic N) is 3. The molecule has 0 saturated heterocycles. The molecule has 0 aromatic carbocycles. The average Bonchev–Trinajstić information content (AvgIpc) is 2.59. The van der Waals surface area contributed by atoms with Crippen molar-refractivity contribution in [3.63, 3.8) is 0 Å². The van der Waals surface area contributed by atoms with Gasteiger partial charge in [0.15, 0.2) is 0 Å². The van der Waals surface area contributed by atoms with Gasteiger partial charge < -0.3 is 5.73 Å². The second-order valence-electron chi connectivity index (χ2n) is 3.51. The predicted molar refractivity (Wildman–Crippen MR) is 59.3 cm³/mol. The number of hydrogen-bond donors (Lipinski definition) is 1. The molecule has 0 saturated carbocycles. The van der Waals surface area contributed by atoms with Crippen molar-refractivity contribution in [3.8, 4) is 0 Å². The van der Waals surface area contributed by atoms with E-state index in [1.165, 1.54) is 5.56 Å². The summed E-state index contributed by atoms with van der Waals surface area (Å²) in [5.74, 6) is 0. The van der Waals surface area contributed by atoms with Gasteiger partial charge in [0.25, 0.3) is 0 Å². The Labute approximate surface area is 88.8 Å². The third kappa shape index (κ3) is 2.15. The van der Waals surface area contributed by atoms with Crippen molar-refractivity contribution in [1.29, 1.82) is 0 Å². The maximum absolute atomic E-state index is 5.72. The fourth-order valence-corrected chi connectivity index (χ4v) is 1.47. The van der Waals surface area contributed by atoms with Gasteiger partial charge in [-0.3, -0.25) is 9.67 Å². The van der Waals surface area contributed by atoms with Crippen LogP contribution in [-0.2, 0) is 13.0 Å². The summed E-state index contributed by atoms with van der Waals surface area (Å²) in [5.41, 5.74) is 8.76. The normalized spacial score (nSPS) is 10.5. The Morgan fingerprint density at radius 3 is 2.67 bits per heavy atom. The SMILES string of the molecule is Cc1c(N)cnn1CCc1ccncc1. The van der Waals surface area contributed by atoms with Crippen molar-refractivity contribution >= 4 is 5.69 Å². The molecule has 0 radical (unpaired) electrons. The highest BCUT2D eigenvalue weighted by Gasteiger charge is 2.02. The van der Waals surface area contributed by atoms with Crippen LogP contribution in [0.5, 0.6) is 0 Å². The molecule has 15 heavy (non-hydrogen) atoms. The molecule has 0 fully saturated rings. The largest absolute Gasteiger partial charge is 0.396 e. The van der Waals surface area contributed by atoms with E-state index >= 15 is 0 Å². The third-order valence-corrected chi connectivity index (χ3v) is 2.50. The summed E-state index contributed by atoms with van der Waals surface area (Å²) in [6.07, 6.45) is 6.26. The Hall–Kier alpha value is -1.84. The van der Waals surface area contributed by atoms with Crippen LogP contribution in [0.2, 0.25) is 0 Å². The summed E-state index contributed by atoms with van der Waals surface area (Å²) in [7, 11) is 0. The van der Waals surface area contributed by atoms with E-state index in [9.17, 15) is 0 Å². The van der Waals surface area contributed by atoms with Crippen LogP contribution in [0.15, 0.2) is 30.7 Å². The summed E-state index contributed by atoms with van der Waals surface area (Å²) in [6.45, 7) is 2.84. The van der Waals surface area contributed by atoms with Crippen LogP contribution >= 0.6 is 0 Å². The Kier molecular flexibility index (Phi) is 2.67. The van der Waals surface area contributed by atoms with Crippen LogP contribution in [0.4, 0.5) is 5.69 Å². The number of nitrogen functional groups attached to an aromatic ring is 1. The highest BCUT2D eigenvalue weighted by molar-refractivity contribution is 5.39. The Morgan fingerprint density at radius 2 is 2.07 bits per heavy atom. The van der Waals surface area contributed by atoms with Crippen molar-refractivity contribution in [2.24, 2.45) is 0 Å². The van der Waals surface area contributed by atoms with E-state index < -0.39 is 0 Å². The molecule has 2 aromatic rings.